The number of benzene rings is 8. The molecule has 3 heterocycles. The minimum absolute atomic E-state index is 0.935. The Labute approximate surface area is 392 Å². The molecule has 11 rings (SSSR count). The van der Waals surface area contributed by atoms with Gasteiger partial charge in [-0.25, -0.2) is 4.68 Å². The van der Waals surface area contributed by atoms with Gasteiger partial charge in [-0.3, -0.25) is 9.97 Å². The minimum atomic E-state index is 0.935. The quantitative estimate of drug-likeness (QED) is 0.116. The van der Waals surface area contributed by atoms with E-state index in [-0.39, 0.29) is 0 Å². The van der Waals surface area contributed by atoms with Gasteiger partial charge in [-0.15, -0.1) is 0 Å². The summed E-state index contributed by atoms with van der Waals surface area (Å²) in [6, 6.07) is 80.6. The smallest absolute Gasteiger partial charge is 0.0927 e. The Kier molecular flexibility index (Phi) is 11.7. The largest absolute Gasteiger partial charge is 0.256 e. The van der Waals surface area contributed by atoms with Crippen LogP contribution in [-0.4, -0.2) is 19.7 Å². The lowest BCUT2D eigenvalue weighted by Crippen LogP contribution is -1.99. The molecule has 0 spiro atoms. The van der Waals surface area contributed by atoms with Gasteiger partial charge >= 0.3 is 0 Å². The fourth-order valence-corrected chi connectivity index (χ4v) is 9.13. The van der Waals surface area contributed by atoms with Crippen molar-refractivity contribution in [3.05, 3.63) is 265 Å². The van der Waals surface area contributed by atoms with E-state index in [4.69, 9.17) is 10.1 Å². The lowest BCUT2D eigenvalue weighted by atomic mass is 9.90. The summed E-state index contributed by atoms with van der Waals surface area (Å²) < 4.78 is 1.98. The van der Waals surface area contributed by atoms with E-state index in [1.54, 1.807) is 0 Å². The summed E-state index contributed by atoms with van der Waals surface area (Å²) in [7, 11) is 0. The second kappa shape index (κ2) is 18.9. The second-order valence-corrected chi connectivity index (χ2v) is 17.2. The zero-order valence-corrected chi connectivity index (χ0v) is 37.2. The van der Waals surface area contributed by atoms with Crippen molar-refractivity contribution in [2.75, 3.05) is 0 Å². The van der Waals surface area contributed by atoms with Crippen LogP contribution in [0.15, 0.2) is 243 Å². The molecule has 0 fully saturated rings. The molecule has 0 bridgehead atoms. The Balaban J connectivity index is 0.855. The first kappa shape index (κ1) is 41.2. The molecule has 0 unspecified atom stereocenters. The maximum atomic E-state index is 4.80. The summed E-state index contributed by atoms with van der Waals surface area (Å²) in [6.45, 7) is 0. The molecule has 0 amide bonds. The molecular formula is C63H48N4. The van der Waals surface area contributed by atoms with Crippen molar-refractivity contribution < 1.29 is 0 Å². The molecular weight excluding hydrogens is 813 g/mol. The molecule has 0 aliphatic heterocycles. The maximum absolute atomic E-state index is 4.80. The summed E-state index contributed by atoms with van der Waals surface area (Å²) >= 11 is 0. The lowest BCUT2D eigenvalue weighted by molar-refractivity contribution is 0.891. The highest BCUT2D eigenvalue weighted by atomic mass is 15.3. The van der Waals surface area contributed by atoms with Crippen molar-refractivity contribution >= 4 is 10.9 Å². The lowest BCUT2D eigenvalue weighted by Gasteiger charge is -2.15. The molecule has 4 nitrogen and oxygen atoms in total. The van der Waals surface area contributed by atoms with E-state index in [0.717, 1.165) is 70.4 Å². The number of hydrogen-bond acceptors (Lipinski definition) is 3. The van der Waals surface area contributed by atoms with Gasteiger partial charge in [-0.2, -0.15) is 5.10 Å². The zero-order chi connectivity index (χ0) is 44.8. The molecule has 67 heavy (non-hydrogen) atoms. The fourth-order valence-electron chi connectivity index (χ4n) is 9.13. The van der Waals surface area contributed by atoms with Gasteiger partial charge in [0.1, 0.15) is 0 Å². The van der Waals surface area contributed by atoms with E-state index >= 15 is 0 Å². The fraction of sp³-hybridized carbons (Fsp3) is 0.0635. The van der Waals surface area contributed by atoms with E-state index in [1.165, 1.54) is 61.2 Å². The average Bonchev–Trinajstić information content (AvgIpc) is 3.85. The number of aryl methyl sites for hydroxylation is 4. The van der Waals surface area contributed by atoms with Gasteiger partial charge in [0.15, 0.2) is 0 Å². The molecule has 8 aromatic carbocycles. The summed E-state index contributed by atoms with van der Waals surface area (Å²) in [4.78, 5) is 9.35. The van der Waals surface area contributed by atoms with Crippen molar-refractivity contribution in [2.45, 2.75) is 25.7 Å². The van der Waals surface area contributed by atoms with Crippen LogP contribution in [0.2, 0.25) is 0 Å². The van der Waals surface area contributed by atoms with Gasteiger partial charge in [0.2, 0.25) is 0 Å². The Hall–Kier alpha value is -8.47. The van der Waals surface area contributed by atoms with Crippen LogP contribution in [0.25, 0.3) is 83.6 Å². The second-order valence-electron chi connectivity index (χ2n) is 17.2. The molecule has 4 heteroatoms. The number of nitrogens with zero attached hydrogens (tertiary/aromatic N) is 4. The van der Waals surface area contributed by atoms with Crippen LogP contribution >= 0.6 is 0 Å². The third-order valence-electron chi connectivity index (χ3n) is 12.8. The SMILES string of the molecule is c1ccc(-c2ccc(-c3ccnc(-c4ccc(-c5ccccc5-c5cc(CCc6ccc(-c7ccccn7)cc6)cc(CCc6ccc(-n7cc8ccccc8n7)cc6)c5)cc4)c3)cc2)cc1. The van der Waals surface area contributed by atoms with E-state index in [9.17, 15) is 0 Å². The molecule has 0 aliphatic carbocycles. The average molecular weight is 861 g/mol. The topological polar surface area (TPSA) is 43.6 Å². The van der Waals surface area contributed by atoms with Gasteiger partial charge in [-0.05, 0) is 135 Å². The summed E-state index contributed by atoms with van der Waals surface area (Å²) in [5.74, 6) is 0. The van der Waals surface area contributed by atoms with Gasteiger partial charge in [0, 0.05) is 35.1 Å². The maximum Gasteiger partial charge on any atom is 0.0927 e. The molecule has 0 aliphatic rings. The van der Waals surface area contributed by atoms with E-state index in [1.807, 2.05) is 35.3 Å². The molecule has 3 aromatic heterocycles. The molecule has 320 valence electrons. The molecule has 11 aromatic rings. The number of hydrogen-bond donors (Lipinski definition) is 0. The van der Waals surface area contributed by atoms with Crippen LogP contribution in [-0.2, 0) is 25.7 Å². The first-order valence-corrected chi connectivity index (χ1v) is 23.1. The van der Waals surface area contributed by atoms with Crippen molar-refractivity contribution in [3.8, 4) is 72.7 Å². The summed E-state index contributed by atoms with van der Waals surface area (Å²) in [5.41, 5.74) is 21.2. The first-order chi connectivity index (χ1) is 33.1. The molecule has 0 radical (unpaired) electrons. The van der Waals surface area contributed by atoms with Crippen LogP contribution in [0.1, 0.15) is 22.3 Å². The molecule has 0 saturated heterocycles. The van der Waals surface area contributed by atoms with Crippen molar-refractivity contribution in [1.82, 2.24) is 19.7 Å². The Morgan fingerprint density at radius 1 is 0.313 bits per heavy atom. The number of rotatable bonds is 13. The van der Waals surface area contributed by atoms with Gasteiger partial charge in [0.05, 0.1) is 22.6 Å². The highest BCUT2D eigenvalue weighted by Gasteiger charge is 2.13. The van der Waals surface area contributed by atoms with Gasteiger partial charge in [0.25, 0.3) is 0 Å². The van der Waals surface area contributed by atoms with Gasteiger partial charge in [-0.1, -0.05) is 182 Å². The van der Waals surface area contributed by atoms with Crippen LogP contribution < -0.4 is 0 Å². The van der Waals surface area contributed by atoms with Crippen molar-refractivity contribution in [1.29, 1.82) is 0 Å². The third kappa shape index (κ3) is 9.38. The molecule has 0 N–H and O–H groups in total. The number of aromatic nitrogens is 4. The first-order valence-electron chi connectivity index (χ1n) is 23.1. The summed E-state index contributed by atoms with van der Waals surface area (Å²) in [5, 5.41) is 5.93. The molecule has 0 saturated carbocycles. The van der Waals surface area contributed by atoms with Crippen LogP contribution in [0, 0.1) is 0 Å². The Morgan fingerprint density at radius 3 is 1.52 bits per heavy atom. The predicted molar refractivity (Wildman–Crippen MR) is 277 cm³/mol. The number of fused-ring (bicyclic) bond motifs is 1. The van der Waals surface area contributed by atoms with Gasteiger partial charge < -0.3 is 0 Å². The normalized spacial score (nSPS) is 11.2. The number of pyridine rings is 2. The Morgan fingerprint density at radius 2 is 0.836 bits per heavy atom. The van der Waals surface area contributed by atoms with Crippen LogP contribution in [0.3, 0.4) is 0 Å². The van der Waals surface area contributed by atoms with E-state index in [2.05, 4.69) is 217 Å². The zero-order valence-electron chi connectivity index (χ0n) is 37.2. The van der Waals surface area contributed by atoms with Crippen molar-refractivity contribution in [3.63, 3.8) is 0 Å². The van der Waals surface area contributed by atoms with Crippen LogP contribution in [0.5, 0.6) is 0 Å². The van der Waals surface area contributed by atoms with Crippen molar-refractivity contribution in [2.24, 2.45) is 0 Å². The Bertz CT molecular complexity index is 3380. The molecule has 0 atom stereocenters. The van der Waals surface area contributed by atoms with E-state index < -0.39 is 0 Å². The predicted octanol–water partition coefficient (Wildman–Crippen LogP) is 15.4. The minimum Gasteiger partial charge on any atom is -0.256 e. The van der Waals surface area contributed by atoms with E-state index in [0.29, 0.717) is 0 Å². The highest BCUT2D eigenvalue weighted by molar-refractivity contribution is 5.85. The summed E-state index contributed by atoms with van der Waals surface area (Å²) in [6.07, 6.45) is 9.63. The highest BCUT2D eigenvalue weighted by Crippen LogP contribution is 2.36. The monoisotopic (exact) mass is 860 g/mol. The standard InChI is InChI=1S/C63H48N4/c1-2-10-49(11-3-1)50-27-29-51(30-28-50)55-37-39-65-63(43-55)54-33-31-52(32-34-54)59-13-5-6-14-60(59)57-41-47(19-17-45-21-25-53(26-22-45)61-15-8-9-38-64-61)40-48(42-57)20-18-46-23-35-58(36-24-46)67-44-56-12-4-7-16-62(56)66-67/h1-16,21-44H,17-20H2. The van der Waals surface area contributed by atoms with Crippen LogP contribution in [0.4, 0.5) is 0 Å². The third-order valence-corrected chi connectivity index (χ3v) is 12.8.